The number of benzene rings is 13. The smallest absolute Gasteiger partial charge is 0.180 e. The number of aromatic nitrogens is 10. The van der Waals surface area contributed by atoms with Gasteiger partial charge in [0, 0.05) is 147 Å². The number of hydrogen-bond acceptors (Lipinski definition) is 15. The van der Waals surface area contributed by atoms with Gasteiger partial charge in [-0.1, -0.05) is 200 Å². The van der Waals surface area contributed by atoms with Crippen LogP contribution < -0.4 is 0 Å². The minimum atomic E-state index is 0.677. The number of hydrogen-bond donors (Lipinski definition) is 0. The second kappa shape index (κ2) is 27.6. The topological polar surface area (TPSA) is 195 Å². The van der Waals surface area contributed by atoms with E-state index in [4.69, 9.17) is 52.0 Å². The van der Waals surface area contributed by atoms with Gasteiger partial charge in [-0.3, -0.25) is 9.97 Å². The van der Waals surface area contributed by atoms with Crippen LogP contribution >= 0.6 is 0 Å². The monoisotopic (exact) mass is 1570 g/mol. The third kappa shape index (κ3) is 11.2. The molecule has 3 aliphatic rings. The zero-order valence-electron chi connectivity index (χ0n) is 65.0. The molecule has 11 heterocycles. The fraction of sp³-hybridized carbons (Fsp3) is 0.0280. The fourth-order valence-electron chi connectivity index (χ4n) is 18.5. The van der Waals surface area contributed by atoms with E-state index in [-0.39, 0.29) is 0 Å². The van der Waals surface area contributed by atoms with Crippen molar-refractivity contribution in [3.8, 4) is 124 Å². The molecule has 27 rings (SSSR count). The number of furan rings is 5. The molecule has 24 aromatic rings. The summed E-state index contributed by atoms with van der Waals surface area (Å²) in [5, 5.41) is 8.38. The van der Waals surface area contributed by atoms with Gasteiger partial charge in [0.2, 0.25) is 0 Å². The molecule has 0 radical (unpaired) electrons. The molecule has 0 bridgehead atoms. The van der Waals surface area contributed by atoms with Gasteiger partial charge >= 0.3 is 0 Å². The quantitative estimate of drug-likeness (QED) is 0.139. The highest BCUT2D eigenvalue weighted by molar-refractivity contribution is 6.14. The fourth-order valence-corrected chi connectivity index (χ4v) is 18.5. The summed E-state index contributed by atoms with van der Waals surface area (Å²) in [5.41, 5.74) is 38.9. The van der Waals surface area contributed by atoms with Crippen LogP contribution in [0.15, 0.2) is 363 Å². The first-order chi connectivity index (χ1) is 60.4. The molecule has 0 amide bonds. The van der Waals surface area contributed by atoms with Crippen molar-refractivity contribution in [1.82, 2.24) is 49.8 Å². The van der Waals surface area contributed by atoms with Crippen molar-refractivity contribution in [3.63, 3.8) is 0 Å². The second-order valence-electron chi connectivity index (χ2n) is 31.2. The molecule has 0 spiro atoms. The Morgan fingerprint density at radius 2 is 0.623 bits per heavy atom. The molecule has 0 unspecified atom stereocenters. The van der Waals surface area contributed by atoms with Gasteiger partial charge in [-0.2, -0.15) is 0 Å². The second-order valence-corrected chi connectivity index (χ2v) is 31.2. The van der Waals surface area contributed by atoms with Crippen molar-refractivity contribution in [2.75, 3.05) is 0 Å². The van der Waals surface area contributed by atoms with E-state index in [0.717, 1.165) is 225 Å². The van der Waals surface area contributed by atoms with Crippen LogP contribution in [-0.4, -0.2) is 49.8 Å². The normalized spacial score (nSPS) is 12.3. The third-order valence-electron chi connectivity index (χ3n) is 24.3. The van der Waals surface area contributed by atoms with Crippen molar-refractivity contribution >= 4 is 110 Å². The summed E-state index contributed by atoms with van der Waals surface area (Å²) in [6.45, 7) is 0. The van der Waals surface area contributed by atoms with Gasteiger partial charge in [-0.15, -0.1) is 0 Å². The Hall–Kier alpha value is -16.5. The third-order valence-corrected chi connectivity index (χ3v) is 24.3. The van der Waals surface area contributed by atoms with Crippen molar-refractivity contribution in [3.05, 3.63) is 374 Å². The molecule has 0 N–H and O–H groups in total. The van der Waals surface area contributed by atoms with E-state index in [0.29, 0.717) is 11.4 Å². The molecule has 0 aliphatic heterocycles. The lowest BCUT2D eigenvalue weighted by Crippen LogP contribution is -1.95. The van der Waals surface area contributed by atoms with Crippen molar-refractivity contribution in [1.29, 1.82) is 0 Å². The molecular formula is C107H62N10O5. The maximum Gasteiger partial charge on any atom is 0.180 e. The molecule has 15 nitrogen and oxygen atoms in total. The molecule has 11 aromatic heterocycles. The minimum absolute atomic E-state index is 0.677. The number of pyridine rings is 2. The van der Waals surface area contributed by atoms with Crippen LogP contribution in [-0.2, 0) is 19.3 Å². The van der Waals surface area contributed by atoms with E-state index >= 15 is 0 Å². The number of rotatable bonds is 8. The molecular weight excluding hydrogens is 1510 g/mol. The molecule has 122 heavy (non-hydrogen) atoms. The minimum Gasteiger partial charge on any atom is -0.456 e. The largest absolute Gasteiger partial charge is 0.456 e. The molecule has 0 saturated heterocycles. The van der Waals surface area contributed by atoms with E-state index in [2.05, 4.69) is 214 Å². The average molecular weight is 1570 g/mol. The first-order valence-electron chi connectivity index (χ1n) is 40.6. The van der Waals surface area contributed by atoms with Crippen LogP contribution in [0.25, 0.3) is 234 Å². The Kier molecular flexibility index (Phi) is 15.5. The van der Waals surface area contributed by atoms with Crippen LogP contribution in [0.3, 0.4) is 0 Å². The highest BCUT2D eigenvalue weighted by Crippen LogP contribution is 2.47. The summed E-state index contributed by atoms with van der Waals surface area (Å²) >= 11 is 0. The van der Waals surface area contributed by atoms with Gasteiger partial charge < -0.3 is 22.1 Å². The summed E-state index contributed by atoms with van der Waals surface area (Å²) in [5.74, 6) is 0.677. The lowest BCUT2D eigenvalue weighted by atomic mass is 9.97. The van der Waals surface area contributed by atoms with Gasteiger partial charge in [-0.05, 0) is 143 Å². The summed E-state index contributed by atoms with van der Waals surface area (Å²) in [4.78, 5) is 47.3. The van der Waals surface area contributed by atoms with Crippen LogP contribution in [0.2, 0.25) is 0 Å². The van der Waals surface area contributed by atoms with Crippen molar-refractivity contribution < 1.29 is 22.1 Å². The number of para-hydroxylation sites is 3. The van der Waals surface area contributed by atoms with Gasteiger partial charge in [0.05, 0.1) is 34.2 Å². The molecule has 570 valence electrons. The van der Waals surface area contributed by atoms with Crippen molar-refractivity contribution in [2.45, 2.75) is 19.3 Å². The van der Waals surface area contributed by atoms with E-state index in [1.165, 1.54) is 50.1 Å². The molecule has 13 aromatic carbocycles. The van der Waals surface area contributed by atoms with Crippen LogP contribution in [0.1, 0.15) is 33.4 Å². The maximum atomic E-state index is 6.33. The lowest BCUT2D eigenvalue weighted by Gasteiger charge is -2.10. The van der Waals surface area contributed by atoms with Crippen molar-refractivity contribution in [2.24, 2.45) is 0 Å². The highest BCUT2D eigenvalue weighted by Gasteiger charge is 2.29. The van der Waals surface area contributed by atoms with Gasteiger partial charge in [0.25, 0.3) is 0 Å². The first-order valence-corrected chi connectivity index (χ1v) is 40.6. The van der Waals surface area contributed by atoms with E-state index in [9.17, 15) is 0 Å². The van der Waals surface area contributed by atoms with Crippen LogP contribution in [0.5, 0.6) is 0 Å². The van der Waals surface area contributed by atoms with Gasteiger partial charge in [-0.25, -0.2) is 39.9 Å². The molecule has 0 saturated carbocycles. The average Bonchev–Trinajstić information content (AvgIpc) is 1.60. The molecule has 0 fully saturated rings. The summed E-state index contributed by atoms with van der Waals surface area (Å²) in [7, 11) is 0. The molecule has 15 heteroatoms. The van der Waals surface area contributed by atoms with Gasteiger partial charge in [0.1, 0.15) is 80.5 Å². The lowest BCUT2D eigenvalue weighted by molar-refractivity contribution is 0.667. The SMILES string of the molecule is c1ccc(-c2nc(-c3ccc(-c4cccc(-c5ncnc6c5Cc5ccccc5-6)c4)cc3)c3oc4ccccc4c3n2)cc1.c1ccc2c(c1)Cc1c(-c3ccc4c(c3)oc3ccc(-c5nccc6c5oc5ccccc56)cc34)ncnc1-2.c1ccc2c(c1)Cc1c(-c3ccc4oc5ccc(-c6ccnc7c6oc6ccccc67)cc5c4c3)ncnc1-2. The predicted molar refractivity (Wildman–Crippen MR) is 482 cm³/mol. The zero-order valence-corrected chi connectivity index (χ0v) is 65.0. The summed E-state index contributed by atoms with van der Waals surface area (Å²) < 4.78 is 31.4. The first kappa shape index (κ1) is 68.7. The van der Waals surface area contributed by atoms with E-state index < -0.39 is 0 Å². The van der Waals surface area contributed by atoms with Gasteiger partial charge in [0.15, 0.2) is 22.6 Å². The standard InChI is InChI=1S/C39H24N4O.2C34H19N3O2/c1-2-9-26(10-3-1)39-42-35(38-37(43-39)31-15-6-7-16-33(31)44-38)25-19-17-24(18-20-25)27-12-8-13-29(21-27)34-32-22-28-11-4-5-14-30(28)36(32)41-23-40-34;1-2-6-22-19(5-1)16-27-31(36-18-37-32(22)27)21-10-12-30-26(17-21)25-15-20(9-11-29(25)38-30)23-13-14-35-33-24-7-3-4-8-28(24)39-34(23)33;1-2-6-22-19(5-1)15-27-31(36-18-37-33(22)27)21-9-11-24-26-16-20(10-12-29(26)38-30(24)17-21)32-34-25(13-14-35-32)23-7-3-4-8-28(23)39-34/h1-21,23H,22H2;1-15,17-18H,16H2;1-14,16-18H,15H2. The molecule has 3 aliphatic carbocycles. The Balaban J connectivity index is 0.000000101. The Bertz CT molecular complexity index is 8470. The summed E-state index contributed by atoms with van der Waals surface area (Å²) in [6, 6.07) is 106. The highest BCUT2D eigenvalue weighted by atomic mass is 16.3. The van der Waals surface area contributed by atoms with Crippen LogP contribution in [0.4, 0.5) is 0 Å². The van der Waals surface area contributed by atoms with E-state index in [1.54, 1.807) is 19.0 Å². The number of nitrogens with zero attached hydrogens (tertiary/aromatic N) is 10. The Morgan fingerprint density at radius 3 is 1.25 bits per heavy atom. The molecule has 0 atom stereocenters. The maximum absolute atomic E-state index is 6.33. The number of fused-ring (bicyclic) bond motifs is 24. The Labute approximate surface area is 694 Å². The zero-order chi connectivity index (χ0) is 80.0. The summed E-state index contributed by atoms with van der Waals surface area (Å²) in [6.07, 6.45) is 11.2. The Morgan fingerprint density at radius 1 is 0.197 bits per heavy atom. The van der Waals surface area contributed by atoms with Crippen LogP contribution in [0, 0.1) is 0 Å². The van der Waals surface area contributed by atoms with E-state index in [1.807, 2.05) is 128 Å². The predicted octanol–water partition coefficient (Wildman–Crippen LogP) is 26.6.